The highest BCUT2D eigenvalue weighted by atomic mass is 19.1. The fourth-order valence-corrected chi connectivity index (χ4v) is 2.79. The number of benzene rings is 2. The summed E-state index contributed by atoms with van der Waals surface area (Å²) in [6.07, 6.45) is -0.220. The van der Waals surface area contributed by atoms with E-state index >= 15 is 0 Å². The Morgan fingerprint density at radius 3 is 2.43 bits per heavy atom. The highest BCUT2D eigenvalue weighted by molar-refractivity contribution is 5.88. The third-order valence-corrected chi connectivity index (χ3v) is 4.31. The summed E-state index contributed by atoms with van der Waals surface area (Å²) in [5.74, 6) is -1.17. The van der Waals surface area contributed by atoms with Crippen LogP contribution in [0.4, 0.5) is 10.1 Å². The van der Waals surface area contributed by atoms with Crippen molar-refractivity contribution in [1.29, 1.82) is 0 Å². The van der Waals surface area contributed by atoms with Crippen molar-refractivity contribution in [3.05, 3.63) is 75.6 Å². The van der Waals surface area contributed by atoms with E-state index in [1.165, 1.54) is 47.4 Å². The number of likely N-dealkylation sites (N-methyl/N-ethyl adjacent to an activating group) is 1. The molecule has 2 amide bonds. The van der Waals surface area contributed by atoms with Crippen molar-refractivity contribution in [2.24, 2.45) is 0 Å². The van der Waals surface area contributed by atoms with Gasteiger partial charge < -0.3 is 10.2 Å². The summed E-state index contributed by atoms with van der Waals surface area (Å²) in [6.45, 7) is 3.85. The maximum absolute atomic E-state index is 13.2. The first-order valence-corrected chi connectivity index (χ1v) is 8.87. The van der Waals surface area contributed by atoms with Crippen LogP contribution in [-0.2, 0) is 22.6 Å². The van der Waals surface area contributed by atoms with E-state index in [9.17, 15) is 24.1 Å². The van der Waals surface area contributed by atoms with Gasteiger partial charge >= 0.3 is 0 Å². The molecule has 0 bridgehead atoms. The van der Waals surface area contributed by atoms with E-state index in [-0.39, 0.29) is 30.1 Å². The van der Waals surface area contributed by atoms with Crippen molar-refractivity contribution in [3.63, 3.8) is 0 Å². The number of amides is 2. The number of carbonyl (C=O) groups is 2. The minimum absolute atomic E-state index is 0.0814. The van der Waals surface area contributed by atoms with E-state index in [4.69, 9.17) is 0 Å². The summed E-state index contributed by atoms with van der Waals surface area (Å²) in [5, 5.41) is 13.9. The number of nitro benzene ring substituents is 1. The molecule has 0 spiro atoms. The number of para-hydroxylation sites is 1. The molecule has 1 unspecified atom stereocenters. The molecule has 148 valence electrons. The summed E-state index contributed by atoms with van der Waals surface area (Å²) in [6, 6.07) is 10.8. The van der Waals surface area contributed by atoms with E-state index in [0.717, 1.165) is 0 Å². The second-order valence-corrected chi connectivity index (χ2v) is 6.28. The Kier molecular flexibility index (Phi) is 7.20. The fraction of sp³-hybridized carbons (Fsp3) is 0.300. The molecule has 0 heterocycles. The first-order chi connectivity index (χ1) is 13.3. The number of nitrogens with one attached hydrogen (secondary N) is 1. The zero-order valence-electron chi connectivity index (χ0n) is 15.7. The standard InChI is InChI=1S/C20H22FN3O4/c1-3-22-20(26)14(2)23(13-15-8-10-17(21)11-9-15)19(25)12-16-6-4-5-7-18(16)24(27)28/h4-11,14H,3,12-13H2,1-2H3,(H,22,26). The Bertz CT molecular complexity index is 855. The second kappa shape index (κ2) is 9.59. The Hall–Kier alpha value is -3.29. The lowest BCUT2D eigenvalue weighted by Crippen LogP contribution is -2.48. The van der Waals surface area contributed by atoms with Gasteiger partial charge in [-0.15, -0.1) is 0 Å². The van der Waals surface area contributed by atoms with E-state index < -0.39 is 22.7 Å². The quantitative estimate of drug-likeness (QED) is 0.557. The number of nitrogens with zero attached hydrogens (tertiary/aromatic N) is 2. The van der Waals surface area contributed by atoms with Crippen molar-refractivity contribution in [1.82, 2.24) is 10.2 Å². The van der Waals surface area contributed by atoms with Gasteiger partial charge in [0, 0.05) is 24.7 Å². The number of rotatable bonds is 8. The second-order valence-electron chi connectivity index (χ2n) is 6.28. The average molecular weight is 387 g/mol. The van der Waals surface area contributed by atoms with Gasteiger partial charge in [0.15, 0.2) is 0 Å². The van der Waals surface area contributed by atoms with Crippen LogP contribution in [0.1, 0.15) is 25.0 Å². The van der Waals surface area contributed by atoms with Crippen molar-refractivity contribution in [3.8, 4) is 0 Å². The lowest BCUT2D eigenvalue weighted by Gasteiger charge is -2.28. The van der Waals surface area contributed by atoms with Crippen molar-refractivity contribution >= 4 is 17.5 Å². The smallest absolute Gasteiger partial charge is 0.273 e. The maximum atomic E-state index is 13.2. The molecular formula is C20H22FN3O4. The number of nitro groups is 1. The Morgan fingerprint density at radius 1 is 1.18 bits per heavy atom. The van der Waals surface area contributed by atoms with Crippen molar-refractivity contribution in [2.45, 2.75) is 32.9 Å². The maximum Gasteiger partial charge on any atom is 0.273 e. The van der Waals surface area contributed by atoms with Gasteiger partial charge in [0.05, 0.1) is 11.3 Å². The van der Waals surface area contributed by atoms with Gasteiger partial charge in [-0.3, -0.25) is 19.7 Å². The van der Waals surface area contributed by atoms with Gasteiger partial charge in [-0.05, 0) is 31.5 Å². The largest absolute Gasteiger partial charge is 0.355 e. The van der Waals surface area contributed by atoms with Crippen LogP contribution in [-0.4, -0.2) is 34.2 Å². The summed E-state index contributed by atoms with van der Waals surface area (Å²) in [4.78, 5) is 37.3. The summed E-state index contributed by atoms with van der Waals surface area (Å²) < 4.78 is 13.2. The number of hydrogen-bond acceptors (Lipinski definition) is 4. The molecular weight excluding hydrogens is 365 g/mol. The zero-order valence-corrected chi connectivity index (χ0v) is 15.7. The van der Waals surface area contributed by atoms with Crippen LogP contribution in [0.25, 0.3) is 0 Å². The van der Waals surface area contributed by atoms with Gasteiger partial charge in [0.1, 0.15) is 11.9 Å². The molecule has 7 nitrogen and oxygen atoms in total. The Labute approximate surface area is 162 Å². The molecule has 2 aromatic carbocycles. The molecule has 28 heavy (non-hydrogen) atoms. The monoisotopic (exact) mass is 387 g/mol. The first-order valence-electron chi connectivity index (χ1n) is 8.87. The molecule has 0 aromatic heterocycles. The van der Waals surface area contributed by atoms with Crippen molar-refractivity contribution in [2.75, 3.05) is 6.54 Å². The molecule has 1 N–H and O–H groups in total. The van der Waals surface area contributed by atoms with Crippen molar-refractivity contribution < 1.29 is 18.9 Å². The van der Waals surface area contributed by atoms with Crippen LogP contribution >= 0.6 is 0 Å². The van der Waals surface area contributed by atoms with Crippen LogP contribution in [0.2, 0.25) is 0 Å². The van der Waals surface area contributed by atoms with Gasteiger partial charge in [-0.2, -0.15) is 0 Å². The Balaban J connectivity index is 2.29. The SMILES string of the molecule is CCNC(=O)C(C)N(Cc1ccc(F)cc1)C(=O)Cc1ccccc1[N+](=O)[O-]. The third kappa shape index (κ3) is 5.35. The minimum atomic E-state index is -0.791. The summed E-state index contributed by atoms with van der Waals surface area (Å²) >= 11 is 0. The highest BCUT2D eigenvalue weighted by Gasteiger charge is 2.27. The summed E-state index contributed by atoms with van der Waals surface area (Å²) in [5.41, 5.74) is 0.765. The van der Waals surface area contributed by atoms with Crippen LogP contribution in [0.5, 0.6) is 0 Å². The molecule has 0 aliphatic carbocycles. The molecule has 0 saturated carbocycles. The number of carbonyl (C=O) groups excluding carboxylic acids is 2. The molecule has 1 atom stereocenters. The molecule has 0 aliphatic heterocycles. The molecule has 2 aromatic rings. The first kappa shape index (κ1) is 21.0. The van der Waals surface area contributed by atoms with Crippen LogP contribution in [0.3, 0.4) is 0 Å². The van der Waals surface area contributed by atoms with Gasteiger partial charge in [-0.1, -0.05) is 30.3 Å². The topological polar surface area (TPSA) is 92.6 Å². The number of halogens is 1. The molecule has 0 radical (unpaired) electrons. The Morgan fingerprint density at radius 2 is 1.82 bits per heavy atom. The lowest BCUT2D eigenvalue weighted by molar-refractivity contribution is -0.385. The molecule has 8 heteroatoms. The molecule has 0 fully saturated rings. The van der Waals surface area contributed by atoms with Gasteiger partial charge in [0.2, 0.25) is 11.8 Å². The van der Waals surface area contributed by atoms with E-state index in [0.29, 0.717) is 12.1 Å². The predicted octanol–water partition coefficient (Wildman–Crippen LogP) is 2.83. The van der Waals surface area contributed by atoms with Gasteiger partial charge in [-0.25, -0.2) is 4.39 Å². The molecule has 2 rings (SSSR count). The average Bonchev–Trinajstić information content (AvgIpc) is 2.67. The molecule has 0 aliphatic rings. The lowest BCUT2D eigenvalue weighted by atomic mass is 10.1. The highest BCUT2D eigenvalue weighted by Crippen LogP contribution is 2.20. The van der Waals surface area contributed by atoms with Gasteiger partial charge in [0.25, 0.3) is 5.69 Å². The predicted molar refractivity (Wildman–Crippen MR) is 102 cm³/mol. The molecule has 0 saturated heterocycles. The minimum Gasteiger partial charge on any atom is -0.355 e. The van der Waals surface area contributed by atoms with Crippen LogP contribution < -0.4 is 5.32 Å². The third-order valence-electron chi connectivity index (χ3n) is 4.31. The van der Waals surface area contributed by atoms with Crippen LogP contribution in [0.15, 0.2) is 48.5 Å². The fourth-order valence-electron chi connectivity index (χ4n) is 2.79. The van der Waals surface area contributed by atoms with E-state index in [1.54, 1.807) is 19.9 Å². The van der Waals surface area contributed by atoms with Crippen LogP contribution in [0, 0.1) is 15.9 Å². The summed E-state index contributed by atoms with van der Waals surface area (Å²) in [7, 11) is 0. The normalized spacial score (nSPS) is 11.5. The van der Waals surface area contributed by atoms with E-state index in [1.807, 2.05) is 0 Å². The zero-order chi connectivity index (χ0) is 20.7. The van der Waals surface area contributed by atoms with E-state index in [2.05, 4.69) is 5.32 Å². The number of hydrogen-bond donors (Lipinski definition) is 1.